The molecule has 0 amide bonds. The molecule has 1 aromatic rings. The van der Waals surface area contributed by atoms with Crippen molar-refractivity contribution in [3.63, 3.8) is 0 Å². The van der Waals surface area contributed by atoms with Gasteiger partial charge in [-0.2, -0.15) is 0 Å². The number of thiazole rings is 1. The SMILES string of the molecule is CCOC(C)(C)c1nc(C(C)CN)cs1. The molecule has 0 aliphatic heterocycles. The van der Waals surface area contributed by atoms with Crippen LogP contribution in [0.4, 0.5) is 0 Å². The Hall–Kier alpha value is -0.450. The Labute approximate surface area is 95.7 Å². The molecule has 0 spiro atoms. The summed E-state index contributed by atoms with van der Waals surface area (Å²) in [5.74, 6) is 0.326. The minimum atomic E-state index is -0.286. The van der Waals surface area contributed by atoms with Crippen molar-refractivity contribution in [3.8, 4) is 0 Å². The van der Waals surface area contributed by atoms with E-state index in [2.05, 4.69) is 17.3 Å². The number of hydrogen-bond donors (Lipinski definition) is 1. The van der Waals surface area contributed by atoms with Crippen LogP contribution < -0.4 is 5.73 Å². The van der Waals surface area contributed by atoms with Crippen molar-refractivity contribution in [2.75, 3.05) is 13.2 Å². The minimum Gasteiger partial charge on any atom is -0.369 e. The van der Waals surface area contributed by atoms with Gasteiger partial charge in [-0.3, -0.25) is 0 Å². The van der Waals surface area contributed by atoms with Gasteiger partial charge in [0.15, 0.2) is 0 Å². The summed E-state index contributed by atoms with van der Waals surface area (Å²) in [6.45, 7) is 9.52. The fraction of sp³-hybridized carbons (Fsp3) is 0.727. The van der Waals surface area contributed by atoms with E-state index < -0.39 is 0 Å². The predicted molar refractivity (Wildman–Crippen MR) is 64.2 cm³/mol. The zero-order valence-corrected chi connectivity index (χ0v) is 10.7. The Balaban J connectivity index is 2.83. The van der Waals surface area contributed by atoms with Crippen LogP contribution in [0.15, 0.2) is 5.38 Å². The molecule has 1 rings (SSSR count). The minimum absolute atomic E-state index is 0.286. The molecule has 1 aromatic heterocycles. The first-order valence-electron chi connectivity index (χ1n) is 5.31. The first kappa shape index (κ1) is 12.6. The molecular weight excluding hydrogens is 208 g/mol. The third kappa shape index (κ3) is 3.00. The summed E-state index contributed by atoms with van der Waals surface area (Å²) in [5, 5.41) is 3.10. The molecule has 0 saturated carbocycles. The molecule has 0 aliphatic rings. The zero-order valence-electron chi connectivity index (χ0n) is 9.91. The summed E-state index contributed by atoms with van der Waals surface area (Å²) in [4.78, 5) is 4.58. The molecule has 0 aliphatic carbocycles. The van der Waals surface area contributed by atoms with Crippen LogP contribution in [0.25, 0.3) is 0 Å². The lowest BCUT2D eigenvalue weighted by atomic mass is 10.1. The molecule has 0 saturated heterocycles. The molecule has 0 aromatic carbocycles. The molecular formula is C11H20N2OS. The average molecular weight is 228 g/mol. The maximum atomic E-state index is 5.66. The zero-order chi connectivity index (χ0) is 11.5. The maximum Gasteiger partial charge on any atom is 0.124 e. The summed E-state index contributed by atoms with van der Waals surface area (Å²) in [7, 11) is 0. The molecule has 1 heterocycles. The maximum absolute atomic E-state index is 5.66. The number of nitrogens with zero attached hydrogens (tertiary/aromatic N) is 1. The Morgan fingerprint density at radius 2 is 2.27 bits per heavy atom. The van der Waals surface area contributed by atoms with Gasteiger partial charge in [0.25, 0.3) is 0 Å². The summed E-state index contributed by atoms with van der Waals surface area (Å²) >= 11 is 1.65. The number of aromatic nitrogens is 1. The molecule has 0 radical (unpaired) electrons. The molecule has 0 bridgehead atoms. The van der Waals surface area contributed by atoms with Crippen LogP contribution in [0.3, 0.4) is 0 Å². The number of nitrogens with two attached hydrogens (primary N) is 1. The summed E-state index contributed by atoms with van der Waals surface area (Å²) in [5.41, 5.74) is 6.40. The quantitative estimate of drug-likeness (QED) is 0.842. The largest absolute Gasteiger partial charge is 0.369 e. The Bertz CT molecular complexity index is 309. The van der Waals surface area contributed by atoms with E-state index in [1.54, 1.807) is 11.3 Å². The van der Waals surface area contributed by atoms with Gasteiger partial charge >= 0.3 is 0 Å². The van der Waals surface area contributed by atoms with E-state index in [9.17, 15) is 0 Å². The van der Waals surface area contributed by atoms with E-state index >= 15 is 0 Å². The highest BCUT2D eigenvalue weighted by molar-refractivity contribution is 7.09. The van der Waals surface area contributed by atoms with E-state index in [0.29, 0.717) is 19.1 Å². The number of rotatable bonds is 5. The highest BCUT2D eigenvalue weighted by Crippen LogP contribution is 2.29. The fourth-order valence-electron chi connectivity index (χ4n) is 1.33. The summed E-state index contributed by atoms with van der Waals surface area (Å²) < 4.78 is 5.66. The van der Waals surface area contributed by atoms with Gasteiger partial charge in [0.2, 0.25) is 0 Å². The number of hydrogen-bond acceptors (Lipinski definition) is 4. The van der Waals surface area contributed by atoms with Gasteiger partial charge in [0.1, 0.15) is 10.6 Å². The Morgan fingerprint density at radius 1 is 1.60 bits per heavy atom. The van der Waals surface area contributed by atoms with E-state index in [1.165, 1.54) is 0 Å². The van der Waals surface area contributed by atoms with Crippen LogP contribution in [-0.4, -0.2) is 18.1 Å². The Kier molecular flexibility index (Phi) is 4.25. The van der Waals surface area contributed by atoms with Gasteiger partial charge < -0.3 is 10.5 Å². The van der Waals surface area contributed by atoms with Gasteiger partial charge in [-0.05, 0) is 20.8 Å². The van der Waals surface area contributed by atoms with E-state index in [1.807, 2.05) is 20.8 Å². The van der Waals surface area contributed by atoms with Crippen molar-refractivity contribution < 1.29 is 4.74 Å². The molecule has 3 nitrogen and oxygen atoms in total. The lowest BCUT2D eigenvalue weighted by Crippen LogP contribution is -2.21. The van der Waals surface area contributed by atoms with Gasteiger partial charge in [0, 0.05) is 24.4 Å². The topological polar surface area (TPSA) is 48.1 Å². The second-order valence-corrected chi connectivity index (χ2v) is 5.02. The molecule has 1 unspecified atom stereocenters. The van der Waals surface area contributed by atoms with Gasteiger partial charge in [-0.1, -0.05) is 6.92 Å². The second kappa shape index (κ2) is 5.05. The van der Waals surface area contributed by atoms with Crippen molar-refractivity contribution >= 4 is 11.3 Å². The van der Waals surface area contributed by atoms with Crippen molar-refractivity contribution in [2.45, 2.75) is 39.2 Å². The molecule has 0 fully saturated rings. The molecule has 15 heavy (non-hydrogen) atoms. The van der Waals surface area contributed by atoms with E-state index in [-0.39, 0.29) is 5.60 Å². The van der Waals surface area contributed by atoms with Gasteiger partial charge in [-0.25, -0.2) is 4.98 Å². The Morgan fingerprint density at radius 3 is 2.80 bits per heavy atom. The van der Waals surface area contributed by atoms with E-state index in [4.69, 9.17) is 10.5 Å². The predicted octanol–water partition coefficient (Wildman–Crippen LogP) is 2.48. The monoisotopic (exact) mass is 228 g/mol. The third-order valence-corrected chi connectivity index (χ3v) is 3.57. The molecule has 2 N–H and O–H groups in total. The highest BCUT2D eigenvalue weighted by Gasteiger charge is 2.25. The summed E-state index contributed by atoms with van der Waals surface area (Å²) in [6.07, 6.45) is 0. The van der Waals surface area contributed by atoms with Crippen LogP contribution in [0, 0.1) is 0 Å². The van der Waals surface area contributed by atoms with Crippen molar-refractivity contribution in [2.24, 2.45) is 5.73 Å². The first-order valence-corrected chi connectivity index (χ1v) is 6.19. The molecule has 4 heteroatoms. The van der Waals surface area contributed by atoms with Crippen molar-refractivity contribution in [1.82, 2.24) is 4.98 Å². The van der Waals surface area contributed by atoms with Crippen LogP contribution in [0.1, 0.15) is 44.3 Å². The van der Waals surface area contributed by atoms with Crippen molar-refractivity contribution in [3.05, 3.63) is 16.1 Å². The van der Waals surface area contributed by atoms with Crippen LogP contribution in [-0.2, 0) is 10.3 Å². The number of ether oxygens (including phenoxy) is 1. The lowest BCUT2D eigenvalue weighted by molar-refractivity contribution is -0.0142. The lowest BCUT2D eigenvalue weighted by Gasteiger charge is -2.21. The van der Waals surface area contributed by atoms with Gasteiger partial charge in [-0.15, -0.1) is 11.3 Å². The van der Waals surface area contributed by atoms with Crippen molar-refractivity contribution in [1.29, 1.82) is 0 Å². The average Bonchev–Trinajstić information content (AvgIpc) is 2.66. The van der Waals surface area contributed by atoms with Crippen LogP contribution in [0.5, 0.6) is 0 Å². The first-order chi connectivity index (χ1) is 7.01. The molecule has 1 atom stereocenters. The van der Waals surface area contributed by atoms with E-state index in [0.717, 1.165) is 10.7 Å². The van der Waals surface area contributed by atoms with Gasteiger partial charge in [0.05, 0.1) is 5.69 Å². The second-order valence-electron chi connectivity index (χ2n) is 4.16. The van der Waals surface area contributed by atoms with Crippen LogP contribution >= 0.6 is 11.3 Å². The fourth-order valence-corrected chi connectivity index (χ4v) is 2.35. The molecule has 86 valence electrons. The highest BCUT2D eigenvalue weighted by atomic mass is 32.1. The third-order valence-electron chi connectivity index (χ3n) is 2.40. The standard InChI is InChI=1S/C11H20N2OS/c1-5-14-11(3,4)10-13-9(7-15-10)8(2)6-12/h7-8H,5-6,12H2,1-4H3. The smallest absolute Gasteiger partial charge is 0.124 e. The summed E-state index contributed by atoms with van der Waals surface area (Å²) in [6, 6.07) is 0. The normalized spacial score (nSPS) is 14.2. The van der Waals surface area contributed by atoms with Crippen LogP contribution in [0.2, 0.25) is 0 Å².